The highest BCUT2D eigenvalue weighted by Gasteiger charge is 2.62. The summed E-state index contributed by atoms with van der Waals surface area (Å²) in [5.74, 6) is -3.88. The van der Waals surface area contributed by atoms with Crippen molar-refractivity contribution in [1.29, 1.82) is 0 Å². The summed E-state index contributed by atoms with van der Waals surface area (Å²) in [5.41, 5.74) is -0.768. The number of likely N-dealkylation sites (tertiary alicyclic amines) is 1. The van der Waals surface area contributed by atoms with E-state index in [2.05, 4.69) is 23.8 Å². The Morgan fingerprint density at radius 2 is 1.88 bits per heavy atom. The third kappa shape index (κ3) is 7.32. The molecule has 3 fully saturated rings. The molecule has 5 amide bonds. The van der Waals surface area contributed by atoms with E-state index in [9.17, 15) is 45.2 Å². The summed E-state index contributed by atoms with van der Waals surface area (Å²) in [7, 11) is -6.85. The van der Waals surface area contributed by atoms with Crippen LogP contribution in [0.4, 0.5) is 9.18 Å². The van der Waals surface area contributed by atoms with Gasteiger partial charge in [-0.1, -0.05) is 24.8 Å². The number of halogens is 1. The van der Waals surface area contributed by atoms with Gasteiger partial charge in [-0.3, -0.25) is 28.8 Å². The number of fused-ring (bicyclic) bond motifs is 1. The van der Waals surface area contributed by atoms with Crippen LogP contribution in [0.3, 0.4) is 0 Å². The van der Waals surface area contributed by atoms with Crippen LogP contribution < -0.4 is 15.4 Å². The van der Waals surface area contributed by atoms with Gasteiger partial charge in [-0.05, 0) is 30.9 Å². The van der Waals surface area contributed by atoms with Gasteiger partial charge in [0.25, 0.3) is 5.91 Å². The Kier molecular flexibility index (Phi) is 9.91. The molecule has 5 rings (SSSR count). The predicted octanol–water partition coefficient (Wildman–Crippen LogP) is -0.564. The van der Waals surface area contributed by atoms with Gasteiger partial charge in [0.2, 0.25) is 38.3 Å². The minimum absolute atomic E-state index is 0.0267. The van der Waals surface area contributed by atoms with Crippen LogP contribution in [0, 0.1) is 11.7 Å². The van der Waals surface area contributed by atoms with Gasteiger partial charge in [-0.2, -0.15) is 4.31 Å². The standard InChI is InChI=1S/C30H37FN6O10S2/c1-4-19-12-30(19,28(41)34-49(45,46)21-9-10-21)33-26(39)25-11-20(47-29(42)36-13-18-7-6-8-23(31)22(18)15-36)14-37(25)27(40)24(32-17-38)16-35(3)48(43,44)5-2/h4-8,17,19-21,24-25H,1-2,9-16H2,3H3,(H,32,38)(H,33,39)(H,34,41)/t19-,20-,24+,25+,30-/m1/s1. The van der Waals surface area contributed by atoms with Crippen LogP contribution in [0.1, 0.15) is 36.8 Å². The molecule has 16 nitrogen and oxygen atoms in total. The lowest BCUT2D eigenvalue weighted by Gasteiger charge is -2.30. The van der Waals surface area contributed by atoms with Crippen LogP contribution in [-0.2, 0) is 57.1 Å². The second-order valence-electron chi connectivity index (χ2n) is 12.5. The summed E-state index contributed by atoms with van der Waals surface area (Å²) in [6.45, 7) is 5.97. The van der Waals surface area contributed by atoms with Crippen LogP contribution in [-0.4, -0.2) is 110 Å². The monoisotopic (exact) mass is 724 g/mol. The maximum Gasteiger partial charge on any atom is 0.410 e. The second kappa shape index (κ2) is 13.5. The Hall–Kier alpha value is -4.36. The highest BCUT2D eigenvalue weighted by molar-refractivity contribution is 7.92. The number of ether oxygens (including phenoxy) is 1. The van der Waals surface area contributed by atoms with Crippen molar-refractivity contribution in [2.75, 3.05) is 20.1 Å². The molecule has 5 atom stereocenters. The van der Waals surface area contributed by atoms with E-state index in [1.807, 2.05) is 4.72 Å². The molecule has 0 aromatic heterocycles. The number of rotatable bonds is 14. The number of carbonyl (C=O) groups excluding carboxylic acids is 5. The lowest BCUT2D eigenvalue weighted by Crippen LogP contribution is -2.59. The fourth-order valence-electron chi connectivity index (χ4n) is 6.09. The lowest BCUT2D eigenvalue weighted by molar-refractivity contribution is -0.141. The lowest BCUT2D eigenvalue weighted by atomic mass is 10.1. The first-order valence-electron chi connectivity index (χ1n) is 15.4. The number of likely N-dealkylation sites (N-methyl/N-ethyl adjacent to an activating group) is 1. The van der Waals surface area contributed by atoms with Crippen molar-refractivity contribution in [2.24, 2.45) is 5.92 Å². The molecule has 2 aliphatic carbocycles. The number of nitrogens with zero attached hydrogens (tertiary/aromatic N) is 3. The minimum Gasteiger partial charge on any atom is -0.444 e. The van der Waals surface area contributed by atoms with Crippen LogP contribution in [0.2, 0.25) is 0 Å². The second-order valence-corrected chi connectivity index (χ2v) is 16.4. The maximum absolute atomic E-state index is 14.3. The van der Waals surface area contributed by atoms with Crippen molar-refractivity contribution in [2.45, 2.75) is 67.7 Å². The zero-order valence-corrected chi connectivity index (χ0v) is 28.2. The van der Waals surface area contributed by atoms with E-state index in [4.69, 9.17) is 4.74 Å². The highest BCUT2D eigenvalue weighted by Crippen LogP contribution is 2.45. The van der Waals surface area contributed by atoms with E-state index < -0.39 is 91.1 Å². The summed E-state index contributed by atoms with van der Waals surface area (Å²) < 4.78 is 72.5. The van der Waals surface area contributed by atoms with Gasteiger partial charge in [0, 0.05) is 43.4 Å². The summed E-state index contributed by atoms with van der Waals surface area (Å²) in [6, 6.07) is 1.54. The fourth-order valence-corrected chi connectivity index (χ4v) is 8.07. The Bertz CT molecular complexity index is 1800. The first kappa shape index (κ1) is 35.9. The fraction of sp³-hybridized carbons (Fsp3) is 0.500. The molecule has 49 heavy (non-hydrogen) atoms. The average molecular weight is 725 g/mol. The zero-order chi connectivity index (χ0) is 35.9. The molecular weight excluding hydrogens is 687 g/mol. The van der Waals surface area contributed by atoms with Gasteiger partial charge in [0.05, 0.1) is 18.3 Å². The molecule has 4 aliphatic rings. The SMILES string of the molecule is C=C[C@@H]1C[C@]1(NC(=O)[C@@H]1C[C@@H](OC(=O)N2Cc3cccc(F)c3C2)CN1C(=O)[C@H](CN(C)S(=O)(=O)C=C)NC=O)C(=O)NS(=O)(=O)C1CC1. The van der Waals surface area contributed by atoms with Gasteiger partial charge in [-0.25, -0.2) is 26.0 Å². The Balaban J connectivity index is 1.37. The molecule has 2 saturated carbocycles. The predicted molar refractivity (Wildman–Crippen MR) is 170 cm³/mol. The molecule has 1 aromatic rings. The number of benzene rings is 1. The van der Waals surface area contributed by atoms with E-state index in [1.54, 1.807) is 6.07 Å². The van der Waals surface area contributed by atoms with Crippen LogP contribution in [0.5, 0.6) is 0 Å². The van der Waals surface area contributed by atoms with Crippen LogP contribution >= 0.6 is 0 Å². The molecule has 266 valence electrons. The molecule has 1 aromatic carbocycles. The molecular formula is C30H37FN6O10S2. The Morgan fingerprint density at radius 3 is 2.47 bits per heavy atom. The van der Waals surface area contributed by atoms with Gasteiger partial charge in [0.1, 0.15) is 29.5 Å². The Morgan fingerprint density at radius 1 is 1.16 bits per heavy atom. The van der Waals surface area contributed by atoms with E-state index in [0.717, 1.165) is 16.3 Å². The Labute approximate surface area is 282 Å². The third-order valence-corrected chi connectivity index (χ3v) is 12.5. The van der Waals surface area contributed by atoms with Gasteiger partial charge in [0.15, 0.2) is 0 Å². The summed E-state index contributed by atoms with van der Waals surface area (Å²) in [4.78, 5) is 68.0. The van der Waals surface area contributed by atoms with Gasteiger partial charge < -0.3 is 20.3 Å². The zero-order valence-electron chi connectivity index (χ0n) is 26.5. The first-order chi connectivity index (χ1) is 23.1. The van der Waals surface area contributed by atoms with Crippen molar-refractivity contribution < 1.29 is 49.9 Å². The normalized spacial score (nSPS) is 25.2. The molecule has 0 spiro atoms. The average Bonchev–Trinajstić information content (AvgIpc) is 3.95. The third-order valence-electron chi connectivity index (χ3n) is 9.20. The molecule has 0 bridgehead atoms. The van der Waals surface area contributed by atoms with Crippen LogP contribution in [0.25, 0.3) is 0 Å². The van der Waals surface area contributed by atoms with Gasteiger partial charge >= 0.3 is 6.09 Å². The van der Waals surface area contributed by atoms with Crippen molar-refractivity contribution in [3.05, 3.63) is 59.8 Å². The quantitative estimate of drug-likeness (QED) is 0.165. The number of hydrogen-bond acceptors (Lipinski definition) is 10. The molecule has 19 heteroatoms. The van der Waals surface area contributed by atoms with E-state index in [1.165, 1.54) is 23.1 Å². The van der Waals surface area contributed by atoms with Crippen molar-refractivity contribution in [1.82, 2.24) is 29.5 Å². The summed E-state index contributed by atoms with van der Waals surface area (Å²) in [6.07, 6.45) is 0.173. The van der Waals surface area contributed by atoms with Gasteiger partial charge in [-0.15, -0.1) is 6.58 Å². The first-order valence-corrected chi connectivity index (χ1v) is 18.4. The van der Waals surface area contributed by atoms with Crippen molar-refractivity contribution in [3.8, 4) is 0 Å². The molecule has 1 saturated heterocycles. The van der Waals surface area contributed by atoms with Crippen LogP contribution in [0.15, 0.2) is 42.8 Å². The van der Waals surface area contributed by atoms with E-state index in [0.29, 0.717) is 29.4 Å². The number of amides is 5. The molecule has 3 N–H and O–H groups in total. The van der Waals surface area contributed by atoms with E-state index >= 15 is 0 Å². The van der Waals surface area contributed by atoms with Crippen molar-refractivity contribution >= 4 is 50.3 Å². The number of hydrogen-bond donors (Lipinski definition) is 3. The smallest absolute Gasteiger partial charge is 0.410 e. The molecule has 2 heterocycles. The topological polar surface area (TPSA) is 209 Å². The molecule has 2 aliphatic heterocycles. The van der Waals surface area contributed by atoms with Crippen molar-refractivity contribution in [3.63, 3.8) is 0 Å². The maximum atomic E-state index is 14.3. The highest BCUT2D eigenvalue weighted by atomic mass is 32.2. The summed E-state index contributed by atoms with van der Waals surface area (Å²) >= 11 is 0. The van der Waals surface area contributed by atoms with E-state index in [-0.39, 0.29) is 38.9 Å². The molecule has 0 unspecified atom stereocenters. The minimum atomic E-state index is -4.02. The number of carbonyl (C=O) groups is 5. The molecule has 0 radical (unpaired) electrons. The largest absolute Gasteiger partial charge is 0.444 e. The number of sulfonamides is 2. The number of nitrogens with one attached hydrogen (secondary N) is 3. The summed E-state index contributed by atoms with van der Waals surface area (Å²) in [5, 5.41) is 4.78.